The molecule has 2 aromatic rings. The Bertz CT molecular complexity index is 633. The summed E-state index contributed by atoms with van der Waals surface area (Å²) in [5, 5.41) is 3.13. The fraction of sp³-hybridized carbons (Fsp3) is 0.556. The zero-order chi connectivity index (χ0) is 14.9. The number of amides is 1. The number of fused-ring (bicyclic) bond motifs is 1. The van der Waals surface area contributed by atoms with Crippen LogP contribution < -0.4 is 5.32 Å². The maximum absolute atomic E-state index is 11.7. The number of benzene rings is 1. The zero-order valence-electron chi connectivity index (χ0n) is 12.8. The SMILES string of the molecule is O=C(NCC1CCC(c2nc3ccccc3[nH]2)CC1)C1CC1. The predicted octanol–water partition coefficient (Wildman–Crippen LogP) is 3.36. The van der Waals surface area contributed by atoms with Crippen LogP contribution in [0.1, 0.15) is 50.3 Å². The summed E-state index contributed by atoms with van der Waals surface area (Å²) in [5.41, 5.74) is 2.20. The number of nitrogens with zero attached hydrogens (tertiary/aromatic N) is 1. The largest absolute Gasteiger partial charge is 0.356 e. The highest BCUT2D eigenvalue weighted by Gasteiger charge is 2.30. The summed E-state index contributed by atoms with van der Waals surface area (Å²) in [6.07, 6.45) is 6.89. The number of aromatic nitrogens is 2. The molecule has 2 N–H and O–H groups in total. The van der Waals surface area contributed by atoms with E-state index in [1.807, 2.05) is 12.1 Å². The second-order valence-electron chi connectivity index (χ2n) is 6.88. The Hall–Kier alpha value is -1.84. The minimum atomic E-state index is 0.277. The van der Waals surface area contributed by atoms with Gasteiger partial charge < -0.3 is 10.3 Å². The molecule has 1 aromatic carbocycles. The van der Waals surface area contributed by atoms with Crippen molar-refractivity contribution in [2.24, 2.45) is 11.8 Å². The van der Waals surface area contributed by atoms with Crippen molar-refractivity contribution in [3.63, 3.8) is 0 Å². The van der Waals surface area contributed by atoms with E-state index in [2.05, 4.69) is 22.4 Å². The van der Waals surface area contributed by atoms with E-state index in [0.717, 1.165) is 36.2 Å². The molecule has 4 nitrogen and oxygen atoms in total. The molecule has 4 heteroatoms. The molecule has 2 fully saturated rings. The third-order valence-corrected chi connectivity index (χ3v) is 5.15. The molecule has 0 spiro atoms. The fourth-order valence-corrected chi connectivity index (χ4v) is 3.54. The summed E-state index contributed by atoms with van der Waals surface area (Å²) in [4.78, 5) is 19.9. The van der Waals surface area contributed by atoms with Crippen LogP contribution in [0.5, 0.6) is 0 Å². The Morgan fingerprint density at radius 2 is 1.91 bits per heavy atom. The molecule has 1 heterocycles. The molecule has 1 aromatic heterocycles. The van der Waals surface area contributed by atoms with Crippen molar-refractivity contribution in [3.05, 3.63) is 30.1 Å². The average Bonchev–Trinajstić information content (AvgIpc) is 3.32. The first-order chi connectivity index (χ1) is 10.8. The minimum Gasteiger partial charge on any atom is -0.356 e. The summed E-state index contributed by atoms with van der Waals surface area (Å²) < 4.78 is 0. The highest BCUT2D eigenvalue weighted by Crippen LogP contribution is 2.35. The van der Waals surface area contributed by atoms with E-state index in [0.29, 0.717) is 17.8 Å². The van der Waals surface area contributed by atoms with Gasteiger partial charge in [0.2, 0.25) is 5.91 Å². The molecule has 0 unspecified atom stereocenters. The fourth-order valence-electron chi connectivity index (χ4n) is 3.54. The van der Waals surface area contributed by atoms with E-state index < -0.39 is 0 Å². The minimum absolute atomic E-state index is 0.277. The van der Waals surface area contributed by atoms with E-state index in [4.69, 9.17) is 4.98 Å². The quantitative estimate of drug-likeness (QED) is 0.909. The Morgan fingerprint density at radius 1 is 1.14 bits per heavy atom. The molecular weight excluding hydrogens is 274 g/mol. The first-order valence-corrected chi connectivity index (χ1v) is 8.52. The molecule has 4 rings (SSSR count). The van der Waals surface area contributed by atoms with Crippen LogP contribution in [0.25, 0.3) is 11.0 Å². The molecule has 2 aliphatic rings. The number of carbonyl (C=O) groups is 1. The Labute approximate surface area is 130 Å². The van der Waals surface area contributed by atoms with Gasteiger partial charge in [0.1, 0.15) is 5.82 Å². The lowest BCUT2D eigenvalue weighted by Crippen LogP contribution is -2.32. The van der Waals surface area contributed by atoms with Crippen LogP contribution >= 0.6 is 0 Å². The summed E-state index contributed by atoms with van der Waals surface area (Å²) >= 11 is 0. The molecule has 0 radical (unpaired) electrons. The molecule has 0 bridgehead atoms. The van der Waals surface area contributed by atoms with Gasteiger partial charge in [-0.25, -0.2) is 4.98 Å². The number of rotatable bonds is 4. The van der Waals surface area contributed by atoms with Crippen LogP contribution in [-0.4, -0.2) is 22.4 Å². The van der Waals surface area contributed by atoms with Gasteiger partial charge in [-0.15, -0.1) is 0 Å². The van der Waals surface area contributed by atoms with E-state index in [1.54, 1.807) is 0 Å². The maximum atomic E-state index is 11.7. The van der Waals surface area contributed by atoms with E-state index in [1.165, 1.54) is 25.7 Å². The van der Waals surface area contributed by atoms with Gasteiger partial charge in [0.15, 0.2) is 0 Å². The van der Waals surface area contributed by atoms with Gasteiger partial charge in [0.25, 0.3) is 0 Å². The standard InChI is InChI=1S/C18H23N3O/c22-18(14-9-10-14)19-11-12-5-7-13(8-6-12)17-20-15-3-1-2-4-16(15)21-17/h1-4,12-14H,5-11H2,(H,19,22)(H,20,21). The summed E-state index contributed by atoms with van der Waals surface area (Å²) in [6.45, 7) is 0.863. The topological polar surface area (TPSA) is 57.8 Å². The van der Waals surface area contributed by atoms with Crippen molar-refractivity contribution in [2.75, 3.05) is 6.54 Å². The molecule has 0 saturated heterocycles. The van der Waals surface area contributed by atoms with Crippen LogP contribution in [0.15, 0.2) is 24.3 Å². The van der Waals surface area contributed by atoms with Gasteiger partial charge in [-0.2, -0.15) is 0 Å². The summed E-state index contributed by atoms with van der Waals surface area (Å²) in [5.74, 6) is 2.93. The average molecular weight is 297 g/mol. The van der Waals surface area contributed by atoms with Crippen molar-refractivity contribution in [1.82, 2.24) is 15.3 Å². The molecule has 2 saturated carbocycles. The third kappa shape index (κ3) is 2.87. The van der Waals surface area contributed by atoms with Crippen molar-refractivity contribution in [2.45, 2.75) is 44.4 Å². The number of carbonyl (C=O) groups excluding carboxylic acids is 1. The van der Waals surface area contributed by atoms with Crippen LogP contribution in [0.4, 0.5) is 0 Å². The molecule has 0 atom stereocenters. The van der Waals surface area contributed by atoms with Crippen LogP contribution in [0.3, 0.4) is 0 Å². The van der Waals surface area contributed by atoms with Gasteiger partial charge in [0.05, 0.1) is 11.0 Å². The highest BCUT2D eigenvalue weighted by molar-refractivity contribution is 5.80. The normalized spacial score (nSPS) is 25.3. The number of imidazole rings is 1. The van der Waals surface area contributed by atoms with Gasteiger partial charge >= 0.3 is 0 Å². The van der Waals surface area contributed by atoms with Crippen molar-refractivity contribution in [3.8, 4) is 0 Å². The Morgan fingerprint density at radius 3 is 2.64 bits per heavy atom. The lowest BCUT2D eigenvalue weighted by atomic mass is 9.81. The number of aromatic amines is 1. The number of para-hydroxylation sites is 2. The van der Waals surface area contributed by atoms with Gasteiger partial charge in [-0.3, -0.25) is 4.79 Å². The molecule has 2 aliphatic carbocycles. The van der Waals surface area contributed by atoms with Gasteiger partial charge in [-0.05, 0) is 56.6 Å². The lowest BCUT2D eigenvalue weighted by molar-refractivity contribution is -0.122. The number of H-pyrrole nitrogens is 1. The van der Waals surface area contributed by atoms with Crippen LogP contribution in [0.2, 0.25) is 0 Å². The van der Waals surface area contributed by atoms with E-state index in [-0.39, 0.29) is 5.91 Å². The molecule has 22 heavy (non-hydrogen) atoms. The van der Waals surface area contributed by atoms with E-state index >= 15 is 0 Å². The van der Waals surface area contributed by atoms with Gasteiger partial charge in [0, 0.05) is 18.4 Å². The van der Waals surface area contributed by atoms with Crippen molar-refractivity contribution >= 4 is 16.9 Å². The third-order valence-electron chi connectivity index (χ3n) is 5.15. The number of hydrogen-bond acceptors (Lipinski definition) is 2. The number of hydrogen-bond donors (Lipinski definition) is 2. The smallest absolute Gasteiger partial charge is 0.223 e. The maximum Gasteiger partial charge on any atom is 0.223 e. The molecule has 0 aliphatic heterocycles. The first kappa shape index (κ1) is 13.8. The zero-order valence-corrected chi connectivity index (χ0v) is 12.8. The summed E-state index contributed by atoms with van der Waals surface area (Å²) in [7, 11) is 0. The predicted molar refractivity (Wildman–Crippen MR) is 86.5 cm³/mol. The number of nitrogens with one attached hydrogen (secondary N) is 2. The van der Waals surface area contributed by atoms with E-state index in [9.17, 15) is 4.79 Å². The highest BCUT2D eigenvalue weighted by atomic mass is 16.2. The molecule has 1 amide bonds. The molecular formula is C18H23N3O. The summed E-state index contributed by atoms with van der Waals surface area (Å²) in [6, 6.07) is 8.23. The van der Waals surface area contributed by atoms with Crippen LogP contribution in [0, 0.1) is 11.8 Å². The molecule has 116 valence electrons. The van der Waals surface area contributed by atoms with Gasteiger partial charge in [-0.1, -0.05) is 12.1 Å². The second kappa shape index (κ2) is 5.75. The first-order valence-electron chi connectivity index (χ1n) is 8.52. The second-order valence-corrected chi connectivity index (χ2v) is 6.88. The Kier molecular flexibility index (Phi) is 3.60. The Balaban J connectivity index is 1.32. The lowest BCUT2D eigenvalue weighted by Gasteiger charge is -2.27. The monoisotopic (exact) mass is 297 g/mol. The van der Waals surface area contributed by atoms with Crippen LogP contribution in [-0.2, 0) is 4.79 Å². The van der Waals surface area contributed by atoms with Crippen molar-refractivity contribution in [1.29, 1.82) is 0 Å². The van der Waals surface area contributed by atoms with Crippen molar-refractivity contribution < 1.29 is 4.79 Å².